The maximum absolute atomic E-state index is 11.7. The Kier molecular flexibility index (Phi) is 5.94. The molecule has 8 nitrogen and oxygen atoms in total. The van der Waals surface area contributed by atoms with Gasteiger partial charge in [-0.2, -0.15) is 0 Å². The van der Waals surface area contributed by atoms with Crippen LogP contribution in [0.1, 0.15) is 31.9 Å². The highest BCUT2D eigenvalue weighted by Gasteiger charge is 2.09. The van der Waals surface area contributed by atoms with E-state index in [-0.39, 0.29) is 31.5 Å². The fourth-order valence-electron chi connectivity index (χ4n) is 1.61. The van der Waals surface area contributed by atoms with E-state index in [1.807, 2.05) is 6.92 Å². The van der Waals surface area contributed by atoms with Crippen LogP contribution in [0.25, 0.3) is 0 Å². The Morgan fingerprint density at radius 3 is 2.89 bits per heavy atom. The molecule has 1 rings (SSSR count). The van der Waals surface area contributed by atoms with E-state index in [2.05, 4.69) is 15.6 Å². The molecule has 1 aromatic heterocycles. The van der Waals surface area contributed by atoms with Gasteiger partial charge in [0, 0.05) is 19.0 Å². The highest BCUT2D eigenvalue weighted by molar-refractivity contribution is 5.75. The number of rotatable bonds is 8. The molecule has 0 radical (unpaired) electrons. The van der Waals surface area contributed by atoms with Crippen molar-refractivity contribution in [3.63, 3.8) is 0 Å². The first kappa shape index (κ1) is 15.1. The Hall–Kier alpha value is -1.96. The third-order valence-corrected chi connectivity index (χ3v) is 2.54. The summed E-state index contributed by atoms with van der Waals surface area (Å²) in [6, 6.07) is -0.0654. The molecule has 19 heavy (non-hydrogen) atoms. The maximum Gasteiger partial charge on any atom is 0.303 e. The van der Waals surface area contributed by atoms with Crippen molar-refractivity contribution in [1.82, 2.24) is 20.3 Å². The highest BCUT2D eigenvalue weighted by Crippen LogP contribution is 2.00. The lowest BCUT2D eigenvalue weighted by Crippen LogP contribution is -2.35. The molecule has 1 atom stereocenters. The van der Waals surface area contributed by atoms with E-state index in [1.54, 1.807) is 6.20 Å². The number of nitrogens with zero attached hydrogens (tertiary/aromatic N) is 3. The average molecular weight is 269 g/mol. The van der Waals surface area contributed by atoms with Crippen molar-refractivity contribution in [3.8, 4) is 0 Å². The lowest BCUT2D eigenvalue weighted by molar-refractivity contribution is -0.137. The standard InChI is InChI=1S/C11H19N5O3/c1-8(3-2-4-11(18)19)13-10(17)7-16-6-9(5-12)14-15-16/h6,8H,2-5,7,12H2,1H3,(H,13,17)(H,18,19). The number of aliphatic carboxylic acids is 1. The predicted octanol–water partition coefficient (Wildman–Crippen LogP) is -0.504. The van der Waals surface area contributed by atoms with Gasteiger partial charge >= 0.3 is 5.97 Å². The minimum absolute atomic E-state index is 0.0654. The van der Waals surface area contributed by atoms with Gasteiger partial charge in [0.05, 0.1) is 11.9 Å². The van der Waals surface area contributed by atoms with Crippen LogP contribution in [0.15, 0.2) is 6.20 Å². The van der Waals surface area contributed by atoms with Crippen LogP contribution >= 0.6 is 0 Å². The van der Waals surface area contributed by atoms with Crippen molar-refractivity contribution in [2.75, 3.05) is 0 Å². The van der Waals surface area contributed by atoms with Gasteiger partial charge in [0.1, 0.15) is 6.54 Å². The second kappa shape index (κ2) is 7.47. The molecule has 1 amide bonds. The van der Waals surface area contributed by atoms with Crippen LogP contribution in [-0.4, -0.2) is 38.0 Å². The Morgan fingerprint density at radius 2 is 2.32 bits per heavy atom. The van der Waals surface area contributed by atoms with Gasteiger partial charge in [0.25, 0.3) is 0 Å². The van der Waals surface area contributed by atoms with Crippen LogP contribution in [0.4, 0.5) is 0 Å². The number of hydrogen-bond acceptors (Lipinski definition) is 5. The Bertz CT molecular complexity index is 432. The molecule has 0 aliphatic rings. The molecule has 0 fully saturated rings. The number of nitrogens with one attached hydrogen (secondary N) is 1. The summed E-state index contributed by atoms with van der Waals surface area (Å²) in [5, 5.41) is 18.8. The third-order valence-electron chi connectivity index (χ3n) is 2.54. The van der Waals surface area contributed by atoms with E-state index in [4.69, 9.17) is 10.8 Å². The number of carbonyl (C=O) groups excluding carboxylic acids is 1. The van der Waals surface area contributed by atoms with Crippen molar-refractivity contribution < 1.29 is 14.7 Å². The summed E-state index contributed by atoms with van der Waals surface area (Å²) >= 11 is 0. The summed E-state index contributed by atoms with van der Waals surface area (Å²) in [5.41, 5.74) is 6.02. The third kappa shape index (κ3) is 5.96. The van der Waals surface area contributed by atoms with E-state index >= 15 is 0 Å². The van der Waals surface area contributed by atoms with Crippen LogP contribution in [0.5, 0.6) is 0 Å². The summed E-state index contributed by atoms with van der Waals surface area (Å²) in [6.45, 7) is 2.20. The molecule has 0 bridgehead atoms. The van der Waals surface area contributed by atoms with Gasteiger partial charge in [0.2, 0.25) is 5.91 Å². The summed E-state index contributed by atoms with van der Waals surface area (Å²) < 4.78 is 1.42. The number of aromatic nitrogens is 3. The summed E-state index contributed by atoms with van der Waals surface area (Å²) in [5.74, 6) is -1.01. The molecule has 0 spiro atoms. The molecular weight excluding hydrogens is 250 g/mol. The molecule has 106 valence electrons. The average Bonchev–Trinajstić information content (AvgIpc) is 2.75. The molecule has 1 unspecified atom stereocenters. The fourth-order valence-corrected chi connectivity index (χ4v) is 1.61. The smallest absolute Gasteiger partial charge is 0.303 e. The van der Waals surface area contributed by atoms with Gasteiger partial charge in [-0.05, 0) is 19.8 Å². The number of hydrogen-bond donors (Lipinski definition) is 3. The maximum atomic E-state index is 11.7. The molecule has 1 aromatic rings. The number of amides is 1. The first-order valence-corrected chi connectivity index (χ1v) is 6.11. The second-order valence-electron chi connectivity index (χ2n) is 4.37. The fraction of sp³-hybridized carbons (Fsp3) is 0.636. The van der Waals surface area contributed by atoms with E-state index in [0.717, 1.165) is 0 Å². The topological polar surface area (TPSA) is 123 Å². The summed E-state index contributed by atoms with van der Waals surface area (Å²) in [4.78, 5) is 22.0. The molecule has 1 heterocycles. The molecule has 0 saturated carbocycles. The van der Waals surface area contributed by atoms with Crippen LogP contribution in [-0.2, 0) is 22.7 Å². The van der Waals surface area contributed by atoms with Gasteiger partial charge < -0.3 is 16.2 Å². The summed E-state index contributed by atoms with van der Waals surface area (Å²) in [7, 11) is 0. The molecule has 0 saturated heterocycles. The van der Waals surface area contributed by atoms with Crippen LogP contribution in [0.3, 0.4) is 0 Å². The van der Waals surface area contributed by atoms with Gasteiger partial charge in [-0.25, -0.2) is 4.68 Å². The molecule has 4 N–H and O–H groups in total. The first-order chi connectivity index (χ1) is 9.01. The van der Waals surface area contributed by atoms with Crippen LogP contribution < -0.4 is 11.1 Å². The van der Waals surface area contributed by atoms with Crippen molar-refractivity contribution in [1.29, 1.82) is 0 Å². The van der Waals surface area contributed by atoms with E-state index < -0.39 is 5.97 Å². The quantitative estimate of drug-likeness (QED) is 0.584. The number of carbonyl (C=O) groups is 2. The molecule has 0 aromatic carbocycles. The lowest BCUT2D eigenvalue weighted by Gasteiger charge is -2.12. The van der Waals surface area contributed by atoms with Gasteiger partial charge in [-0.1, -0.05) is 5.21 Å². The Balaban J connectivity index is 2.28. The van der Waals surface area contributed by atoms with Crippen LogP contribution in [0, 0.1) is 0 Å². The highest BCUT2D eigenvalue weighted by atomic mass is 16.4. The first-order valence-electron chi connectivity index (χ1n) is 6.11. The van der Waals surface area contributed by atoms with E-state index in [9.17, 15) is 9.59 Å². The van der Waals surface area contributed by atoms with Crippen molar-refractivity contribution in [2.45, 2.75) is 45.3 Å². The van der Waals surface area contributed by atoms with Crippen molar-refractivity contribution in [2.24, 2.45) is 5.73 Å². The lowest BCUT2D eigenvalue weighted by atomic mass is 10.1. The van der Waals surface area contributed by atoms with Gasteiger partial charge in [-0.15, -0.1) is 5.10 Å². The van der Waals surface area contributed by atoms with Crippen molar-refractivity contribution in [3.05, 3.63) is 11.9 Å². The largest absolute Gasteiger partial charge is 0.481 e. The molecular formula is C11H19N5O3. The zero-order chi connectivity index (χ0) is 14.3. The van der Waals surface area contributed by atoms with Crippen LogP contribution in [0.2, 0.25) is 0 Å². The minimum Gasteiger partial charge on any atom is -0.481 e. The molecule has 8 heteroatoms. The van der Waals surface area contributed by atoms with E-state index in [1.165, 1.54) is 4.68 Å². The number of carboxylic acid groups (broad SMARTS) is 1. The predicted molar refractivity (Wildman–Crippen MR) is 67.0 cm³/mol. The Morgan fingerprint density at radius 1 is 1.58 bits per heavy atom. The molecule has 0 aliphatic carbocycles. The van der Waals surface area contributed by atoms with E-state index in [0.29, 0.717) is 18.5 Å². The van der Waals surface area contributed by atoms with Gasteiger partial charge in [0.15, 0.2) is 0 Å². The second-order valence-corrected chi connectivity index (χ2v) is 4.37. The normalized spacial score (nSPS) is 12.1. The number of nitrogens with two attached hydrogens (primary N) is 1. The molecule has 0 aliphatic heterocycles. The zero-order valence-corrected chi connectivity index (χ0v) is 10.9. The minimum atomic E-state index is -0.824. The zero-order valence-electron chi connectivity index (χ0n) is 10.9. The monoisotopic (exact) mass is 269 g/mol. The SMILES string of the molecule is CC(CCCC(=O)O)NC(=O)Cn1cc(CN)nn1. The van der Waals surface area contributed by atoms with Crippen molar-refractivity contribution >= 4 is 11.9 Å². The summed E-state index contributed by atoms with van der Waals surface area (Å²) in [6.07, 6.45) is 2.90. The van der Waals surface area contributed by atoms with Gasteiger partial charge in [-0.3, -0.25) is 9.59 Å². The Labute approximate surface area is 111 Å². The number of carboxylic acids is 1.